The van der Waals surface area contributed by atoms with E-state index in [0.717, 1.165) is 57.9 Å². The maximum Gasteiger partial charge on any atom is 0.315 e. The van der Waals surface area contributed by atoms with E-state index in [2.05, 4.69) is 69.4 Å². The average Bonchev–Trinajstić information content (AvgIpc) is 3.39. The fraction of sp³-hybridized carbons (Fsp3) is 0.613. The largest absolute Gasteiger partial charge is 0.381 e. The van der Waals surface area contributed by atoms with Crippen molar-refractivity contribution in [2.75, 3.05) is 11.9 Å². The van der Waals surface area contributed by atoms with E-state index in [0.29, 0.717) is 17.9 Å². The molecular formula is C31H42N4O2. The monoisotopic (exact) mass is 502 g/mol. The second kappa shape index (κ2) is 10.9. The number of hydrogen-bond donors (Lipinski definition) is 3. The predicted octanol–water partition coefficient (Wildman–Crippen LogP) is 5.69. The summed E-state index contributed by atoms with van der Waals surface area (Å²) in [4.78, 5) is 29.3. The highest BCUT2D eigenvalue weighted by molar-refractivity contribution is 5.83. The van der Waals surface area contributed by atoms with Gasteiger partial charge in [0, 0.05) is 42.2 Å². The third kappa shape index (κ3) is 5.04. The van der Waals surface area contributed by atoms with Crippen LogP contribution >= 0.6 is 0 Å². The SMILES string of the molecule is O=C(NC1CCCCC1)N[C@@H]1CCCC[C@@H]1C(=O)N1CC[C@@H]2[C@H](C3C=CC=CC3)Nc3ccccc3[C@@H]21. The van der Waals surface area contributed by atoms with Gasteiger partial charge in [0.25, 0.3) is 0 Å². The molecule has 3 amide bonds. The van der Waals surface area contributed by atoms with E-state index in [1.165, 1.54) is 30.5 Å². The molecule has 6 atom stereocenters. The van der Waals surface area contributed by atoms with Crippen LogP contribution in [0.4, 0.5) is 10.5 Å². The molecule has 0 spiro atoms. The second-order valence-electron chi connectivity index (χ2n) is 11.8. The molecule has 3 N–H and O–H groups in total. The van der Waals surface area contributed by atoms with Gasteiger partial charge in [-0.15, -0.1) is 0 Å². The van der Waals surface area contributed by atoms with Crippen LogP contribution in [-0.2, 0) is 4.79 Å². The summed E-state index contributed by atoms with van der Waals surface area (Å²) in [5.74, 6) is 0.936. The highest BCUT2D eigenvalue weighted by Gasteiger charge is 2.49. The molecule has 2 aliphatic heterocycles. The molecule has 0 radical (unpaired) electrons. The van der Waals surface area contributed by atoms with Crippen LogP contribution in [0.5, 0.6) is 0 Å². The number of nitrogens with one attached hydrogen (secondary N) is 3. The lowest BCUT2D eigenvalue weighted by atomic mass is 9.75. The van der Waals surface area contributed by atoms with Crippen LogP contribution in [0.1, 0.15) is 82.2 Å². The lowest BCUT2D eigenvalue weighted by Gasteiger charge is -2.44. The maximum atomic E-state index is 14.2. The lowest BCUT2D eigenvalue weighted by molar-refractivity contribution is -0.138. The fourth-order valence-electron chi connectivity index (χ4n) is 7.76. The highest BCUT2D eigenvalue weighted by atomic mass is 16.2. The van der Waals surface area contributed by atoms with Crippen molar-refractivity contribution in [3.63, 3.8) is 0 Å². The van der Waals surface area contributed by atoms with Crippen LogP contribution in [0.25, 0.3) is 0 Å². The van der Waals surface area contributed by atoms with E-state index in [9.17, 15) is 9.59 Å². The van der Waals surface area contributed by atoms with Crippen molar-refractivity contribution in [1.82, 2.24) is 15.5 Å². The first-order valence-corrected chi connectivity index (χ1v) is 14.8. The van der Waals surface area contributed by atoms with Gasteiger partial charge in [0.2, 0.25) is 5.91 Å². The van der Waals surface area contributed by atoms with E-state index in [-0.39, 0.29) is 36.0 Å². The summed E-state index contributed by atoms with van der Waals surface area (Å²) >= 11 is 0. The minimum atomic E-state index is -0.136. The average molecular weight is 503 g/mol. The number of rotatable bonds is 4. The summed E-state index contributed by atoms with van der Waals surface area (Å²) < 4.78 is 0. The Morgan fingerprint density at radius 2 is 1.70 bits per heavy atom. The summed E-state index contributed by atoms with van der Waals surface area (Å²) in [5.41, 5.74) is 2.42. The number of urea groups is 1. The number of allylic oxidation sites excluding steroid dienone is 3. The Balaban J connectivity index is 1.20. The van der Waals surface area contributed by atoms with Crippen molar-refractivity contribution in [2.45, 2.75) is 94.8 Å². The van der Waals surface area contributed by atoms with E-state index in [1.807, 2.05) is 0 Å². The molecule has 2 heterocycles. The second-order valence-corrected chi connectivity index (χ2v) is 11.8. The number of para-hydroxylation sites is 1. The van der Waals surface area contributed by atoms with Crippen molar-refractivity contribution >= 4 is 17.6 Å². The lowest BCUT2D eigenvalue weighted by Crippen LogP contribution is -2.54. The topological polar surface area (TPSA) is 73.5 Å². The molecule has 6 rings (SSSR count). The number of likely N-dealkylation sites (tertiary alicyclic amines) is 1. The third-order valence-electron chi connectivity index (χ3n) is 9.61. The molecule has 3 aliphatic carbocycles. The number of hydrogen-bond acceptors (Lipinski definition) is 3. The first-order valence-electron chi connectivity index (χ1n) is 14.8. The van der Waals surface area contributed by atoms with Gasteiger partial charge in [-0.1, -0.05) is 74.6 Å². The number of anilines is 1. The zero-order valence-corrected chi connectivity index (χ0v) is 21.9. The number of carbonyl (C=O) groups is 2. The summed E-state index contributed by atoms with van der Waals surface area (Å²) in [7, 11) is 0. The van der Waals surface area contributed by atoms with Crippen molar-refractivity contribution in [1.29, 1.82) is 0 Å². The number of nitrogens with zero attached hydrogens (tertiary/aromatic N) is 1. The molecule has 198 valence electrons. The zero-order valence-electron chi connectivity index (χ0n) is 21.9. The summed E-state index contributed by atoms with van der Waals surface area (Å²) in [6.45, 7) is 0.796. The van der Waals surface area contributed by atoms with Gasteiger partial charge in [-0.25, -0.2) is 4.79 Å². The summed E-state index contributed by atoms with van der Waals surface area (Å²) in [6.07, 6.45) is 20.6. The van der Waals surface area contributed by atoms with E-state index in [1.54, 1.807) is 0 Å². The number of benzene rings is 1. The Kier molecular flexibility index (Phi) is 7.25. The van der Waals surface area contributed by atoms with Crippen LogP contribution in [0, 0.1) is 17.8 Å². The normalized spacial score (nSPS) is 33.2. The van der Waals surface area contributed by atoms with Crippen LogP contribution in [0.15, 0.2) is 48.6 Å². The molecule has 5 aliphatic rings. The van der Waals surface area contributed by atoms with Crippen molar-refractivity contribution in [2.24, 2.45) is 17.8 Å². The quantitative estimate of drug-likeness (QED) is 0.495. The van der Waals surface area contributed by atoms with Crippen molar-refractivity contribution < 1.29 is 9.59 Å². The van der Waals surface area contributed by atoms with Gasteiger partial charge in [-0.3, -0.25) is 4.79 Å². The molecule has 6 heteroatoms. The molecule has 6 nitrogen and oxygen atoms in total. The molecule has 1 aromatic rings. The Hall–Kier alpha value is -2.76. The molecule has 3 fully saturated rings. The van der Waals surface area contributed by atoms with Gasteiger partial charge in [0.05, 0.1) is 12.0 Å². The molecule has 2 saturated carbocycles. The molecule has 0 aromatic heterocycles. The van der Waals surface area contributed by atoms with Gasteiger partial charge in [-0.05, 0) is 50.2 Å². The van der Waals surface area contributed by atoms with Crippen LogP contribution in [-0.4, -0.2) is 41.5 Å². The van der Waals surface area contributed by atoms with Crippen molar-refractivity contribution in [3.05, 3.63) is 54.1 Å². The first kappa shape index (κ1) is 24.6. The minimum absolute atomic E-state index is 0.0805. The van der Waals surface area contributed by atoms with Crippen LogP contribution in [0.3, 0.4) is 0 Å². The Morgan fingerprint density at radius 3 is 2.54 bits per heavy atom. The Bertz CT molecular complexity index is 1050. The van der Waals surface area contributed by atoms with Gasteiger partial charge < -0.3 is 20.9 Å². The van der Waals surface area contributed by atoms with E-state index < -0.39 is 0 Å². The Morgan fingerprint density at radius 1 is 0.892 bits per heavy atom. The predicted molar refractivity (Wildman–Crippen MR) is 147 cm³/mol. The standard InChI is InChI=1S/C31H42N4O2/c36-30(24-16-8-10-18-27(24)34-31(37)32-22-13-5-2-6-14-22)35-20-19-25-28(21-11-3-1-4-12-21)33-26-17-9-7-15-23(26)29(25)35/h1,3-4,7,9,11,15,17,21-22,24-25,27-29,33H,2,5-6,8,10,12-14,16,18-20H2,(H2,32,34,37)/t21?,24-,25+,27+,28-,29-/m0/s1. The van der Waals surface area contributed by atoms with Gasteiger partial charge in [-0.2, -0.15) is 0 Å². The summed E-state index contributed by atoms with van der Waals surface area (Å²) in [5, 5.41) is 10.3. The van der Waals surface area contributed by atoms with E-state index >= 15 is 0 Å². The fourth-order valence-corrected chi connectivity index (χ4v) is 7.76. The van der Waals surface area contributed by atoms with E-state index in [4.69, 9.17) is 0 Å². The smallest absolute Gasteiger partial charge is 0.315 e. The third-order valence-corrected chi connectivity index (χ3v) is 9.61. The van der Waals surface area contributed by atoms with Gasteiger partial charge in [0.1, 0.15) is 0 Å². The number of fused-ring (bicyclic) bond motifs is 3. The molecular weight excluding hydrogens is 460 g/mol. The van der Waals surface area contributed by atoms with Crippen LogP contribution in [0.2, 0.25) is 0 Å². The molecule has 1 unspecified atom stereocenters. The number of amides is 3. The van der Waals surface area contributed by atoms with Gasteiger partial charge >= 0.3 is 6.03 Å². The Labute approximate surface area is 221 Å². The first-order chi connectivity index (χ1) is 18.2. The summed E-state index contributed by atoms with van der Waals surface area (Å²) in [6, 6.07) is 9.10. The molecule has 0 bridgehead atoms. The number of carbonyl (C=O) groups excluding carboxylic acids is 2. The molecule has 1 saturated heterocycles. The zero-order chi connectivity index (χ0) is 25.2. The highest BCUT2D eigenvalue weighted by Crippen LogP contribution is 2.49. The van der Waals surface area contributed by atoms with Crippen molar-refractivity contribution in [3.8, 4) is 0 Å². The molecule has 1 aromatic carbocycles. The maximum absolute atomic E-state index is 14.2. The molecule has 37 heavy (non-hydrogen) atoms. The minimum Gasteiger partial charge on any atom is -0.381 e. The van der Waals surface area contributed by atoms with Gasteiger partial charge in [0.15, 0.2) is 0 Å². The van der Waals surface area contributed by atoms with Crippen LogP contribution < -0.4 is 16.0 Å².